The molecule has 0 aliphatic heterocycles. The van der Waals surface area contributed by atoms with Gasteiger partial charge in [0.1, 0.15) is 12.4 Å². The molecular weight excluding hydrogens is 426 g/mol. The van der Waals surface area contributed by atoms with Gasteiger partial charge < -0.3 is 19.1 Å². The van der Waals surface area contributed by atoms with Crippen molar-refractivity contribution in [1.29, 1.82) is 0 Å². The number of esters is 1. The molecule has 0 heterocycles. The third-order valence-corrected chi connectivity index (χ3v) is 5.35. The minimum atomic E-state index is -0.328. The van der Waals surface area contributed by atoms with Gasteiger partial charge >= 0.3 is 5.97 Å². The quantitative estimate of drug-likeness (QED) is 0.168. The van der Waals surface area contributed by atoms with Crippen LogP contribution in [-0.4, -0.2) is 45.5 Å². The lowest BCUT2D eigenvalue weighted by Crippen LogP contribution is -2.27. The van der Waals surface area contributed by atoms with Gasteiger partial charge in [0.05, 0.1) is 13.2 Å². The molecule has 34 heavy (non-hydrogen) atoms. The molecule has 0 N–H and O–H groups in total. The van der Waals surface area contributed by atoms with Gasteiger partial charge in [-0.2, -0.15) is 0 Å². The zero-order valence-electron chi connectivity index (χ0n) is 21.5. The van der Waals surface area contributed by atoms with Crippen molar-refractivity contribution < 1.29 is 19.0 Å². The van der Waals surface area contributed by atoms with Crippen molar-refractivity contribution in [3.8, 4) is 16.9 Å². The number of anilines is 1. The normalized spacial score (nSPS) is 11.2. The van der Waals surface area contributed by atoms with Gasteiger partial charge in [0.2, 0.25) is 0 Å². The number of rotatable bonds is 15. The molecule has 0 spiro atoms. The lowest BCUT2D eigenvalue weighted by molar-refractivity contribution is -0.137. The second-order valence-electron chi connectivity index (χ2n) is 8.63. The van der Waals surface area contributed by atoms with E-state index in [0.29, 0.717) is 25.7 Å². The number of carbonyl (C=O) groups excluding carboxylic acids is 1. The third-order valence-electron chi connectivity index (χ3n) is 5.35. The minimum absolute atomic E-state index is 0.328. The van der Waals surface area contributed by atoms with E-state index < -0.39 is 0 Å². The van der Waals surface area contributed by atoms with Gasteiger partial charge in [-0.25, -0.2) is 4.79 Å². The van der Waals surface area contributed by atoms with Crippen LogP contribution in [0.3, 0.4) is 0 Å². The van der Waals surface area contributed by atoms with Gasteiger partial charge in [0, 0.05) is 31.5 Å². The Morgan fingerprint density at radius 2 is 1.71 bits per heavy atom. The summed E-state index contributed by atoms with van der Waals surface area (Å²) in [4.78, 5) is 14.3. The Kier molecular flexibility index (Phi) is 12.3. The van der Waals surface area contributed by atoms with Crippen molar-refractivity contribution in [2.24, 2.45) is 5.92 Å². The predicted octanol–water partition coefficient (Wildman–Crippen LogP) is 6.61. The van der Waals surface area contributed by atoms with E-state index in [4.69, 9.17) is 14.2 Å². The highest BCUT2D eigenvalue weighted by molar-refractivity contribution is 5.89. The highest BCUT2D eigenvalue weighted by Crippen LogP contribution is 2.30. The molecule has 0 radical (unpaired) electrons. The molecule has 5 nitrogen and oxygen atoms in total. The Balaban J connectivity index is 2.19. The Morgan fingerprint density at radius 1 is 0.971 bits per heavy atom. The van der Waals surface area contributed by atoms with Crippen molar-refractivity contribution in [3.63, 3.8) is 0 Å². The topological polar surface area (TPSA) is 48.0 Å². The van der Waals surface area contributed by atoms with Gasteiger partial charge in [0.15, 0.2) is 0 Å². The molecule has 0 atom stereocenters. The van der Waals surface area contributed by atoms with E-state index in [1.165, 1.54) is 6.08 Å². The zero-order chi connectivity index (χ0) is 24.8. The second kappa shape index (κ2) is 15.2. The molecular formula is C29H41NO4. The van der Waals surface area contributed by atoms with E-state index in [1.807, 2.05) is 25.1 Å². The van der Waals surface area contributed by atoms with Crippen LogP contribution in [0.2, 0.25) is 0 Å². The predicted molar refractivity (Wildman–Crippen MR) is 141 cm³/mol. The average molecular weight is 468 g/mol. The summed E-state index contributed by atoms with van der Waals surface area (Å²) < 4.78 is 16.4. The summed E-state index contributed by atoms with van der Waals surface area (Å²) >= 11 is 0. The van der Waals surface area contributed by atoms with Crippen LogP contribution in [-0.2, 0) is 14.3 Å². The van der Waals surface area contributed by atoms with E-state index >= 15 is 0 Å². The Bertz CT molecular complexity index is 890. The van der Waals surface area contributed by atoms with Crippen molar-refractivity contribution >= 4 is 17.7 Å². The number of hydrogen-bond donors (Lipinski definition) is 0. The second-order valence-corrected chi connectivity index (χ2v) is 8.63. The summed E-state index contributed by atoms with van der Waals surface area (Å²) in [7, 11) is 0. The Morgan fingerprint density at radius 3 is 2.35 bits per heavy atom. The molecule has 0 saturated carbocycles. The number of nitrogens with zero attached hydrogens (tertiary/aromatic N) is 1. The first-order valence-electron chi connectivity index (χ1n) is 12.5. The van der Waals surface area contributed by atoms with Crippen molar-refractivity contribution in [3.05, 3.63) is 54.1 Å². The first-order valence-corrected chi connectivity index (χ1v) is 12.5. The number of benzene rings is 2. The average Bonchev–Trinajstić information content (AvgIpc) is 2.84. The van der Waals surface area contributed by atoms with Crippen molar-refractivity contribution in [1.82, 2.24) is 0 Å². The van der Waals surface area contributed by atoms with E-state index in [0.717, 1.165) is 60.7 Å². The molecule has 0 bridgehead atoms. The van der Waals surface area contributed by atoms with E-state index in [1.54, 1.807) is 0 Å². The Hall–Kier alpha value is -2.79. The lowest BCUT2D eigenvalue weighted by Gasteiger charge is -2.27. The van der Waals surface area contributed by atoms with Crippen LogP contribution in [0.1, 0.15) is 53.0 Å². The highest BCUT2D eigenvalue weighted by Gasteiger charge is 2.12. The summed E-state index contributed by atoms with van der Waals surface area (Å²) in [6.45, 7) is 14.7. The molecule has 2 aromatic carbocycles. The number of hydrogen-bond acceptors (Lipinski definition) is 5. The first kappa shape index (κ1) is 27.5. The third kappa shape index (κ3) is 9.22. The van der Waals surface area contributed by atoms with Gasteiger partial charge in [-0.05, 0) is 73.2 Å². The van der Waals surface area contributed by atoms with Crippen LogP contribution in [0.25, 0.3) is 17.2 Å². The zero-order valence-corrected chi connectivity index (χ0v) is 21.5. The van der Waals surface area contributed by atoms with Crippen molar-refractivity contribution in [2.45, 2.75) is 47.5 Å². The monoisotopic (exact) mass is 467 g/mol. The molecule has 2 aromatic rings. The summed E-state index contributed by atoms with van der Waals surface area (Å²) in [5, 5.41) is 0. The van der Waals surface area contributed by atoms with Crippen LogP contribution in [0.4, 0.5) is 5.69 Å². The first-order chi connectivity index (χ1) is 16.5. The molecule has 186 valence electrons. The minimum Gasteiger partial charge on any atom is -0.491 e. The maximum Gasteiger partial charge on any atom is 0.330 e. The van der Waals surface area contributed by atoms with Crippen LogP contribution < -0.4 is 9.64 Å². The Labute approximate surface area is 205 Å². The molecule has 0 fully saturated rings. The number of unbranched alkanes of at least 4 members (excludes halogenated alkanes) is 1. The van der Waals surface area contributed by atoms with Gasteiger partial charge in [-0.3, -0.25) is 0 Å². The maximum atomic E-state index is 12.0. The standard InChI is InChI=1S/C29H41NO4/c1-6-9-18-32-19-20-34-27-14-10-24(11-15-27)25-12-16-28(30(7-2)22-23(4)5)26(21-25)13-17-29(31)33-8-3/h10-17,21,23H,6-9,18-20,22H2,1-5H3. The fraction of sp³-hybridized carbons (Fsp3) is 0.483. The van der Waals surface area contributed by atoms with E-state index in [9.17, 15) is 4.79 Å². The van der Waals surface area contributed by atoms with Gasteiger partial charge in [-0.1, -0.05) is 45.4 Å². The molecule has 0 saturated heterocycles. The summed E-state index contributed by atoms with van der Waals surface area (Å²) in [6, 6.07) is 14.5. The molecule has 0 aromatic heterocycles. The molecule has 0 aliphatic carbocycles. The van der Waals surface area contributed by atoms with Crippen LogP contribution >= 0.6 is 0 Å². The summed E-state index contributed by atoms with van der Waals surface area (Å²) in [6.07, 6.45) is 5.58. The lowest BCUT2D eigenvalue weighted by atomic mass is 10.00. The molecule has 0 amide bonds. The highest BCUT2D eigenvalue weighted by atomic mass is 16.5. The molecule has 0 aliphatic rings. The molecule has 2 rings (SSSR count). The number of carbonyl (C=O) groups is 1. The fourth-order valence-corrected chi connectivity index (χ4v) is 3.65. The van der Waals surface area contributed by atoms with Gasteiger partial charge in [0.25, 0.3) is 0 Å². The molecule has 0 unspecified atom stereocenters. The molecule has 5 heteroatoms. The fourth-order valence-electron chi connectivity index (χ4n) is 3.65. The van der Waals surface area contributed by atoms with Crippen molar-refractivity contribution in [2.75, 3.05) is 44.4 Å². The smallest absolute Gasteiger partial charge is 0.330 e. The van der Waals surface area contributed by atoms with Crippen LogP contribution in [0.15, 0.2) is 48.5 Å². The largest absolute Gasteiger partial charge is 0.491 e. The summed E-state index contributed by atoms with van der Waals surface area (Å²) in [5.74, 6) is 1.04. The van der Waals surface area contributed by atoms with Crippen LogP contribution in [0.5, 0.6) is 5.75 Å². The van der Waals surface area contributed by atoms with E-state index in [-0.39, 0.29) is 5.97 Å². The van der Waals surface area contributed by atoms with Crippen LogP contribution in [0, 0.1) is 5.92 Å². The summed E-state index contributed by atoms with van der Waals surface area (Å²) in [5.41, 5.74) is 4.29. The van der Waals surface area contributed by atoms with E-state index in [2.05, 4.69) is 62.9 Å². The van der Waals surface area contributed by atoms with Gasteiger partial charge in [-0.15, -0.1) is 0 Å². The SMILES string of the molecule is CCCCOCCOc1ccc(-c2ccc(N(CC)CC(C)C)c(C=CC(=O)OCC)c2)cc1. The maximum absolute atomic E-state index is 12.0. The number of ether oxygens (including phenoxy) is 3.